The van der Waals surface area contributed by atoms with Gasteiger partial charge in [-0.25, -0.2) is 0 Å². The molecule has 1 unspecified atom stereocenters. The molecule has 4 aliphatic carbocycles. The second-order valence-electron chi connectivity index (χ2n) is 18.7. The average Bonchev–Trinajstić information content (AvgIpc) is 3.64. The summed E-state index contributed by atoms with van der Waals surface area (Å²) in [5.41, 5.74) is 22.8. The van der Waals surface area contributed by atoms with Crippen molar-refractivity contribution >= 4 is 11.4 Å². The molecule has 1 atom stereocenters. The highest BCUT2D eigenvalue weighted by Gasteiger charge is 2.49. The molecule has 0 aliphatic heterocycles. The summed E-state index contributed by atoms with van der Waals surface area (Å²) in [5.74, 6) is 0. The molecule has 0 heterocycles. The van der Waals surface area contributed by atoms with Crippen LogP contribution in [-0.2, 0) is 16.2 Å². The summed E-state index contributed by atoms with van der Waals surface area (Å²) in [4.78, 5) is 2.71. The molecular weight excluding hydrogens is 747 g/mol. The minimum atomic E-state index is -0.640. The fraction of sp³-hybridized carbons (Fsp3) is 0.148. The Morgan fingerprint density at radius 2 is 0.823 bits per heavy atom. The molecule has 298 valence electrons. The number of fused-ring (bicyclic) bond motifs is 11. The van der Waals surface area contributed by atoms with Crippen LogP contribution in [0.3, 0.4) is 0 Å². The van der Waals surface area contributed by atoms with Gasteiger partial charge in [-0.2, -0.15) is 0 Å². The number of allylic oxidation sites excluding steroid dienone is 2. The average molecular weight is 796 g/mol. The first-order valence-corrected chi connectivity index (χ1v) is 22.3. The van der Waals surface area contributed by atoms with Crippen molar-refractivity contribution in [2.75, 3.05) is 4.90 Å². The van der Waals surface area contributed by atoms with Gasteiger partial charge in [0.1, 0.15) is 0 Å². The lowest BCUT2D eigenvalue weighted by Crippen LogP contribution is -2.44. The molecule has 0 amide bonds. The number of hydrogen-bond donors (Lipinski definition) is 0. The van der Waals surface area contributed by atoms with Crippen molar-refractivity contribution < 1.29 is 0 Å². The third kappa shape index (κ3) is 5.03. The number of anilines is 2. The molecule has 62 heavy (non-hydrogen) atoms. The number of nitrogens with zero attached hydrogens (tertiary/aromatic N) is 1. The van der Waals surface area contributed by atoms with E-state index < -0.39 is 5.41 Å². The number of rotatable bonds is 5. The number of hydrogen-bond acceptors (Lipinski definition) is 1. The zero-order chi connectivity index (χ0) is 41.8. The van der Waals surface area contributed by atoms with E-state index in [4.69, 9.17) is 0 Å². The van der Waals surface area contributed by atoms with E-state index in [2.05, 4.69) is 239 Å². The molecule has 0 saturated heterocycles. The zero-order valence-electron chi connectivity index (χ0n) is 35.9. The van der Waals surface area contributed by atoms with E-state index in [9.17, 15) is 0 Å². The highest BCUT2D eigenvalue weighted by Crippen LogP contribution is 2.59. The van der Waals surface area contributed by atoms with E-state index in [0.29, 0.717) is 0 Å². The zero-order valence-corrected chi connectivity index (χ0v) is 35.9. The van der Waals surface area contributed by atoms with E-state index >= 15 is 0 Å². The predicted molar refractivity (Wildman–Crippen MR) is 259 cm³/mol. The second-order valence-corrected chi connectivity index (χ2v) is 18.7. The van der Waals surface area contributed by atoms with Crippen molar-refractivity contribution in [2.45, 2.75) is 56.4 Å². The van der Waals surface area contributed by atoms with Gasteiger partial charge in [-0.3, -0.25) is 0 Å². The maximum Gasteiger partial charge on any atom is 0.0696 e. The summed E-state index contributed by atoms with van der Waals surface area (Å²) in [7, 11) is 0. The fourth-order valence-electron chi connectivity index (χ4n) is 12.1. The van der Waals surface area contributed by atoms with E-state index in [1.54, 1.807) is 0 Å². The highest BCUT2D eigenvalue weighted by molar-refractivity contribution is 5.93. The van der Waals surface area contributed by atoms with Crippen LogP contribution >= 0.6 is 0 Å². The summed E-state index contributed by atoms with van der Waals surface area (Å²) in [5, 5.41) is 0. The van der Waals surface area contributed by atoms with Gasteiger partial charge in [0, 0.05) is 22.2 Å². The van der Waals surface area contributed by atoms with Crippen LogP contribution in [0.2, 0.25) is 0 Å². The van der Waals surface area contributed by atoms with Gasteiger partial charge in [0.25, 0.3) is 0 Å². The topological polar surface area (TPSA) is 3.24 Å². The van der Waals surface area contributed by atoms with Crippen LogP contribution in [0.15, 0.2) is 212 Å². The molecule has 0 aromatic heterocycles. The minimum Gasteiger partial charge on any atom is -0.334 e. The van der Waals surface area contributed by atoms with Crippen molar-refractivity contribution in [2.24, 2.45) is 0 Å². The van der Waals surface area contributed by atoms with Gasteiger partial charge < -0.3 is 4.90 Å². The Hall–Kier alpha value is -6.96. The molecule has 0 spiro atoms. The maximum atomic E-state index is 2.71. The molecule has 0 saturated carbocycles. The van der Waals surface area contributed by atoms with E-state index in [0.717, 1.165) is 6.42 Å². The standard InChI is InChI=1S/C61H49N/c1-59(2)52-29-15-11-27-48(52)50-38-41(35-37-53(50)59)62(42-34-36-49-47-26-10-14-28-51(47)60(3,4)57(49)39-42)58-33-19-18-32-56(58)61(40-20-6-5-7-21-40)54-30-16-12-24-45(54)43-22-8-9-23-44(43)46-25-13-17-31-55(46)61/h5-32,34-39,58H,33H2,1-4H3. The third-order valence-corrected chi connectivity index (χ3v) is 14.9. The van der Waals surface area contributed by atoms with E-state index in [1.165, 1.54) is 100 Å². The van der Waals surface area contributed by atoms with E-state index in [-0.39, 0.29) is 16.9 Å². The minimum absolute atomic E-state index is 0.0461. The second kappa shape index (κ2) is 13.5. The van der Waals surface area contributed by atoms with Crippen molar-refractivity contribution in [3.63, 3.8) is 0 Å². The van der Waals surface area contributed by atoms with Gasteiger partial charge in [0.15, 0.2) is 0 Å². The Labute approximate surface area is 366 Å². The van der Waals surface area contributed by atoms with Crippen molar-refractivity contribution in [3.8, 4) is 44.5 Å². The Morgan fingerprint density at radius 1 is 0.387 bits per heavy atom. The summed E-state index contributed by atoms with van der Waals surface area (Å²) < 4.78 is 0. The molecule has 0 bridgehead atoms. The Kier molecular flexibility index (Phi) is 8.04. The Balaban J connectivity index is 1.16. The number of benzene rings is 8. The Bertz CT molecular complexity index is 3110. The van der Waals surface area contributed by atoms with Crippen molar-refractivity contribution in [1.29, 1.82) is 0 Å². The summed E-state index contributed by atoms with van der Waals surface area (Å²) in [6.07, 6.45) is 8.03. The quantitative estimate of drug-likeness (QED) is 0.168. The van der Waals surface area contributed by atoms with Crippen LogP contribution in [0.4, 0.5) is 11.4 Å². The molecule has 1 nitrogen and oxygen atoms in total. The normalized spacial score (nSPS) is 17.5. The van der Waals surface area contributed by atoms with Crippen LogP contribution in [0, 0.1) is 0 Å². The lowest BCUT2D eigenvalue weighted by Gasteiger charge is -2.47. The molecule has 1 heteroatoms. The van der Waals surface area contributed by atoms with Gasteiger partial charge in [-0.15, -0.1) is 0 Å². The molecule has 0 fully saturated rings. The Morgan fingerprint density at radius 3 is 1.44 bits per heavy atom. The molecule has 4 aliphatic rings. The smallest absolute Gasteiger partial charge is 0.0696 e. The van der Waals surface area contributed by atoms with Gasteiger partial charge in [-0.1, -0.05) is 210 Å². The summed E-state index contributed by atoms with van der Waals surface area (Å²) in [6, 6.07) is 71.5. The lowest BCUT2D eigenvalue weighted by molar-refractivity contribution is 0.610. The van der Waals surface area contributed by atoms with Gasteiger partial charge in [0.2, 0.25) is 0 Å². The van der Waals surface area contributed by atoms with Gasteiger partial charge in [-0.05, 0) is 120 Å². The fourth-order valence-corrected chi connectivity index (χ4v) is 12.1. The molecule has 8 aromatic carbocycles. The first-order chi connectivity index (χ1) is 30.3. The van der Waals surface area contributed by atoms with Crippen LogP contribution in [0.25, 0.3) is 44.5 Å². The van der Waals surface area contributed by atoms with Crippen LogP contribution < -0.4 is 4.90 Å². The van der Waals surface area contributed by atoms with Crippen molar-refractivity contribution in [3.05, 3.63) is 251 Å². The van der Waals surface area contributed by atoms with Crippen LogP contribution in [0.5, 0.6) is 0 Å². The molecule has 0 radical (unpaired) electrons. The van der Waals surface area contributed by atoms with Gasteiger partial charge in [0.05, 0.1) is 11.5 Å². The van der Waals surface area contributed by atoms with Crippen molar-refractivity contribution in [1.82, 2.24) is 0 Å². The SMILES string of the molecule is CC1(C)c2ccccc2-c2cc(N(c3ccc4c(c3)C(C)(C)c3ccccc3-4)C3CC=CC=C3C3(c4ccccc4)c4ccccc4-c4ccccc4-c4ccccc43)ccc21. The van der Waals surface area contributed by atoms with Gasteiger partial charge >= 0.3 is 0 Å². The van der Waals surface area contributed by atoms with E-state index in [1.807, 2.05) is 0 Å². The lowest BCUT2D eigenvalue weighted by atomic mass is 9.60. The predicted octanol–water partition coefficient (Wildman–Crippen LogP) is 15.4. The molecule has 8 aromatic rings. The highest BCUT2D eigenvalue weighted by atomic mass is 15.2. The first-order valence-electron chi connectivity index (χ1n) is 22.3. The molecule has 12 rings (SSSR count). The summed E-state index contributed by atoms with van der Waals surface area (Å²) in [6.45, 7) is 9.56. The third-order valence-electron chi connectivity index (χ3n) is 14.9. The van der Waals surface area contributed by atoms with Crippen LogP contribution in [-0.4, -0.2) is 6.04 Å². The molecular formula is C61H49N. The largest absolute Gasteiger partial charge is 0.334 e. The van der Waals surface area contributed by atoms with Crippen LogP contribution in [0.1, 0.15) is 73.1 Å². The summed E-state index contributed by atoms with van der Waals surface area (Å²) >= 11 is 0. The first kappa shape index (κ1) is 36.9. The maximum absolute atomic E-state index is 2.71. The molecule has 0 N–H and O–H groups in total. The monoisotopic (exact) mass is 795 g/mol.